The summed E-state index contributed by atoms with van der Waals surface area (Å²) in [5.74, 6) is 0. The van der Waals surface area contributed by atoms with Crippen LogP contribution in [0.15, 0.2) is 40.1 Å². The maximum absolute atomic E-state index is 12.5. The summed E-state index contributed by atoms with van der Waals surface area (Å²) in [6.45, 7) is 0. The second kappa shape index (κ2) is 6.27. The summed E-state index contributed by atoms with van der Waals surface area (Å²) in [7, 11) is -8.21. The number of fused-ring (bicyclic) bond motifs is 1. The van der Waals surface area contributed by atoms with Crippen molar-refractivity contribution in [2.45, 2.75) is 16.0 Å². The van der Waals surface area contributed by atoms with Crippen molar-refractivity contribution in [3.63, 3.8) is 0 Å². The second-order valence-electron chi connectivity index (χ2n) is 5.20. The fourth-order valence-electron chi connectivity index (χ4n) is 2.33. The van der Waals surface area contributed by atoms with Crippen molar-refractivity contribution in [3.8, 4) is 0 Å². The lowest BCUT2D eigenvalue weighted by Gasteiger charge is -2.29. The van der Waals surface area contributed by atoms with Gasteiger partial charge in [0.1, 0.15) is 16.0 Å². The number of primary sulfonamides is 1. The van der Waals surface area contributed by atoms with Gasteiger partial charge in [-0.2, -0.15) is 4.72 Å². The van der Waals surface area contributed by atoms with Crippen LogP contribution in [0.2, 0.25) is 15.1 Å². The molecule has 2 aromatic carbocycles. The lowest BCUT2D eigenvalue weighted by molar-refractivity contribution is 0.562. The third-order valence-electron chi connectivity index (χ3n) is 3.48. The highest BCUT2D eigenvalue weighted by molar-refractivity contribution is 7.90. The van der Waals surface area contributed by atoms with Crippen molar-refractivity contribution < 1.29 is 16.8 Å². The van der Waals surface area contributed by atoms with Crippen LogP contribution in [0.1, 0.15) is 11.7 Å². The molecule has 0 fully saturated rings. The summed E-state index contributed by atoms with van der Waals surface area (Å²) in [5, 5.41) is 8.36. The van der Waals surface area contributed by atoms with Gasteiger partial charge in [-0.3, -0.25) is 0 Å². The highest BCUT2D eigenvalue weighted by Gasteiger charge is 2.32. The number of halogens is 3. The van der Waals surface area contributed by atoms with Crippen molar-refractivity contribution in [2.24, 2.45) is 5.14 Å². The highest BCUT2D eigenvalue weighted by Crippen LogP contribution is 2.37. The Morgan fingerprint density at radius 2 is 1.68 bits per heavy atom. The Labute approximate surface area is 159 Å². The molecule has 4 N–H and O–H groups in total. The van der Waals surface area contributed by atoms with Crippen LogP contribution >= 0.6 is 34.8 Å². The number of sulfonamides is 2. The molecule has 0 saturated carbocycles. The zero-order valence-corrected chi connectivity index (χ0v) is 16.0. The van der Waals surface area contributed by atoms with Crippen molar-refractivity contribution in [2.75, 3.05) is 5.32 Å². The first-order valence-corrected chi connectivity index (χ1v) is 10.8. The minimum Gasteiger partial charge on any atom is -0.364 e. The minimum absolute atomic E-state index is 0.132. The van der Waals surface area contributed by atoms with Crippen LogP contribution in [0, 0.1) is 0 Å². The first kappa shape index (κ1) is 18.7. The maximum atomic E-state index is 12.5. The van der Waals surface area contributed by atoms with Gasteiger partial charge in [-0.1, -0.05) is 40.9 Å². The Balaban J connectivity index is 2.12. The standard InChI is InChI=1S/C13H10Cl3N3O4S2/c14-7-2-1-6(3-8(7)15)13-18-10-4-9(16)11(24(17,20)21)5-12(10)25(22,23)19-13/h1-5,13,18-19H,(H2,17,20,21)/t13-/m0/s1. The summed E-state index contributed by atoms with van der Waals surface area (Å²) in [4.78, 5) is -0.759. The van der Waals surface area contributed by atoms with Crippen molar-refractivity contribution >= 4 is 60.5 Å². The molecule has 134 valence electrons. The molecule has 0 amide bonds. The number of nitrogens with two attached hydrogens (primary N) is 1. The average molecular weight is 443 g/mol. The minimum atomic E-state index is -4.18. The van der Waals surface area contributed by atoms with E-state index in [0.717, 1.165) is 6.07 Å². The van der Waals surface area contributed by atoms with E-state index in [1.54, 1.807) is 6.07 Å². The number of hydrogen-bond acceptors (Lipinski definition) is 5. The van der Waals surface area contributed by atoms with Crippen LogP contribution in [0.25, 0.3) is 0 Å². The lowest BCUT2D eigenvalue weighted by atomic mass is 10.1. The highest BCUT2D eigenvalue weighted by atomic mass is 35.5. The third-order valence-corrected chi connectivity index (χ3v) is 7.06. The van der Waals surface area contributed by atoms with Gasteiger partial charge in [-0.05, 0) is 29.8 Å². The van der Waals surface area contributed by atoms with Crippen LogP contribution in [0.4, 0.5) is 5.69 Å². The predicted octanol–water partition coefficient (Wildman–Crippen LogP) is 2.70. The Bertz CT molecular complexity index is 1090. The van der Waals surface area contributed by atoms with Crippen molar-refractivity contribution in [3.05, 3.63) is 51.0 Å². The molecular formula is C13H10Cl3N3O4S2. The molecule has 1 aliphatic heterocycles. The third kappa shape index (κ3) is 3.59. The Morgan fingerprint density at radius 3 is 2.28 bits per heavy atom. The summed E-state index contributed by atoms with van der Waals surface area (Å²) >= 11 is 17.7. The zero-order valence-electron chi connectivity index (χ0n) is 12.1. The summed E-state index contributed by atoms with van der Waals surface area (Å²) in [5.41, 5.74) is 0.641. The van der Waals surface area contributed by atoms with Crippen LogP contribution in [0.3, 0.4) is 0 Å². The summed E-state index contributed by atoms with van der Waals surface area (Å²) in [6, 6.07) is 6.74. The summed E-state index contributed by atoms with van der Waals surface area (Å²) < 4.78 is 50.5. The molecule has 1 aliphatic rings. The van der Waals surface area contributed by atoms with E-state index in [1.807, 2.05) is 0 Å². The zero-order chi connectivity index (χ0) is 18.6. The van der Waals surface area contributed by atoms with E-state index >= 15 is 0 Å². The molecule has 0 unspecified atom stereocenters. The molecule has 1 atom stereocenters. The molecule has 0 bridgehead atoms. The van der Waals surface area contributed by atoms with Gasteiger partial charge in [-0.15, -0.1) is 0 Å². The van der Waals surface area contributed by atoms with E-state index in [2.05, 4.69) is 10.0 Å². The lowest BCUT2D eigenvalue weighted by Crippen LogP contribution is -2.38. The quantitative estimate of drug-likeness (QED) is 0.661. The normalized spacial score (nSPS) is 19.1. The summed E-state index contributed by atoms with van der Waals surface area (Å²) in [6.07, 6.45) is -0.844. The fraction of sp³-hybridized carbons (Fsp3) is 0.0769. The molecule has 25 heavy (non-hydrogen) atoms. The largest absolute Gasteiger partial charge is 0.364 e. The molecule has 3 rings (SSSR count). The van der Waals surface area contributed by atoms with Gasteiger partial charge in [0.15, 0.2) is 0 Å². The molecule has 12 heteroatoms. The van der Waals surface area contributed by atoms with Gasteiger partial charge in [0.05, 0.1) is 20.8 Å². The van der Waals surface area contributed by atoms with Gasteiger partial charge in [0.25, 0.3) is 0 Å². The molecule has 0 aromatic heterocycles. The molecular weight excluding hydrogens is 433 g/mol. The molecule has 0 saturated heterocycles. The van der Waals surface area contributed by atoms with E-state index in [-0.39, 0.29) is 20.6 Å². The number of anilines is 1. The van der Waals surface area contributed by atoms with Gasteiger partial charge in [0, 0.05) is 0 Å². The molecule has 0 aliphatic carbocycles. The topological polar surface area (TPSA) is 118 Å². The van der Waals surface area contributed by atoms with Gasteiger partial charge >= 0.3 is 0 Å². The van der Waals surface area contributed by atoms with Crippen LogP contribution in [-0.4, -0.2) is 16.8 Å². The van der Waals surface area contributed by atoms with Crippen LogP contribution in [0.5, 0.6) is 0 Å². The van der Waals surface area contributed by atoms with Crippen LogP contribution in [-0.2, 0) is 20.0 Å². The first-order chi connectivity index (χ1) is 11.5. The number of nitrogens with one attached hydrogen (secondary N) is 2. The van der Waals surface area contributed by atoms with Gasteiger partial charge in [0.2, 0.25) is 20.0 Å². The predicted molar refractivity (Wildman–Crippen MR) is 96.0 cm³/mol. The molecule has 0 spiro atoms. The van der Waals surface area contributed by atoms with Crippen molar-refractivity contribution in [1.82, 2.24) is 4.72 Å². The van der Waals surface area contributed by atoms with E-state index in [4.69, 9.17) is 39.9 Å². The number of benzene rings is 2. The van der Waals surface area contributed by atoms with Crippen LogP contribution < -0.4 is 15.2 Å². The monoisotopic (exact) mass is 441 g/mol. The average Bonchev–Trinajstić information content (AvgIpc) is 2.47. The first-order valence-electron chi connectivity index (χ1n) is 6.59. The Morgan fingerprint density at radius 1 is 1.00 bits per heavy atom. The van der Waals surface area contributed by atoms with E-state index in [9.17, 15) is 16.8 Å². The fourth-order valence-corrected chi connectivity index (χ4v) is 5.13. The van der Waals surface area contributed by atoms with E-state index in [0.29, 0.717) is 10.6 Å². The Kier molecular flexibility index (Phi) is 4.70. The number of hydrogen-bond donors (Lipinski definition) is 3. The Hall–Kier alpha value is -1.07. The maximum Gasteiger partial charge on any atom is 0.244 e. The number of rotatable bonds is 2. The molecule has 7 nitrogen and oxygen atoms in total. The smallest absolute Gasteiger partial charge is 0.244 e. The van der Waals surface area contributed by atoms with E-state index < -0.39 is 31.1 Å². The van der Waals surface area contributed by atoms with Crippen molar-refractivity contribution in [1.29, 1.82) is 0 Å². The SMILES string of the molecule is NS(=O)(=O)c1cc2c(cc1Cl)N[C@H](c1ccc(Cl)c(Cl)c1)NS2(=O)=O. The molecule has 1 heterocycles. The van der Waals surface area contributed by atoms with Gasteiger partial charge < -0.3 is 5.32 Å². The molecule has 2 aromatic rings. The second-order valence-corrected chi connectivity index (χ2v) is 9.63. The van der Waals surface area contributed by atoms with Gasteiger partial charge in [-0.25, -0.2) is 22.0 Å². The van der Waals surface area contributed by atoms with E-state index in [1.165, 1.54) is 18.2 Å². The molecule has 0 radical (unpaired) electrons.